The highest BCUT2D eigenvalue weighted by molar-refractivity contribution is 7.15. The third-order valence-corrected chi connectivity index (χ3v) is 4.74. The molecule has 0 saturated carbocycles. The highest BCUT2D eigenvalue weighted by Crippen LogP contribution is 2.36. The molecule has 1 unspecified atom stereocenters. The second kappa shape index (κ2) is 5.39. The molecule has 2 aromatic heterocycles. The lowest BCUT2D eigenvalue weighted by atomic mass is 9.98. The van der Waals surface area contributed by atoms with E-state index in [-0.39, 0.29) is 0 Å². The van der Waals surface area contributed by atoms with Crippen LogP contribution in [0.2, 0.25) is 0 Å². The van der Waals surface area contributed by atoms with Crippen LogP contribution < -0.4 is 5.32 Å². The second-order valence-corrected chi connectivity index (χ2v) is 6.10. The summed E-state index contributed by atoms with van der Waals surface area (Å²) in [6.45, 7) is 5.17. The van der Waals surface area contributed by atoms with Gasteiger partial charge in [-0.25, -0.2) is 4.98 Å². The number of aryl methyl sites for hydroxylation is 2. The SMILES string of the molecule is CCNC1CCCc2sc(-c3ccc(C)nc3)nc21. The van der Waals surface area contributed by atoms with E-state index in [1.165, 1.54) is 29.8 Å². The van der Waals surface area contributed by atoms with E-state index < -0.39 is 0 Å². The number of fused-ring (bicyclic) bond motifs is 1. The van der Waals surface area contributed by atoms with Gasteiger partial charge >= 0.3 is 0 Å². The molecule has 1 aliphatic carbocycles. The molecule has 0 amide bonds. The van der Waals surface area contributed by atoms with Crippen molar-refractivity contribution >= 4 is 11.3 Å². The first-order valence-corrected chi connectivity index (χ1v) is 7.75. The summed E-state index contributed by atoms with van der Waals surface area (Å²) < 4.78 is 0. The zero-order valence-corrected chi connectivity index (χ0v) is 12.3. The predicted octanol–water partition coefficient (Wildman–Crippen LogP) is 3.50. The number of nitrogens with zero attached hydrogens (tertiary/aromatic N) is 2. The topological polar surface area (TPSA) is 37.8 Å². The fourth-order valence-electron chi connectivity index (χ4n) is 2.58. The summed E-state index contributed by atoms with van der Waals surface area (Å²) in [4.78, 5) is 10.7. The molecule has 100 valence electrons. The van der Waals surface area contributed by atoms with E-state index in [2.05, 4.69) is 29.4 Å². The van der Waals surface area contributed by atoms with Gasteiger partial charge in [-0.1, -0.05) is 6.92 Å². The van der Waals surface area contributed by atoms with Gasteiger partial charge in [0, 0.05) is 22.3 Å². The summed E-state index contributed by atoms with van der Waals surface area (Å²) in [5, 5.41) is 4.66. The fourth-order valence-corrected chi connectivity index (χ4v) is 3.74. The molecule has 0 radical (unpaired) electrons. The van der Waals surface area contributed by atoms with Crippen LogP contribution in [0.25, 0.3) is 10.6 Å². The molecule has 0 saturated heterocycles. The van der Waals surface area contributed by atoms with Crippen LogP contribution in [0.15, 0.2) is 18.3 Å². The first kappa shape index (κ1) is 12.8. The van der Waals surface area contributed by atoms with Gasteiger partial charge in [-0.05, 0) is 44.9 Å². The summed E-state index contributed by atoms with van der Waals surface area (Å²) in [6.07, 6.45) is 5.57. The van der Waals surface area contributed by atoms with Crippen LogP contribution in [0.3, 0.4) is 0 Å². The van der Waals surface area contributed by atoms with Crippen LogP contribution in [0.1, 0.15) is 42.1 Å². The second-order valence-electron chi connectivity index (χ2n) is 5.02. The molecule has 4 heteroatoms. The molecule has 3 nitrogen and oxygen atoms in total. The van der Waals surface area contributed by atoms with Crippen molar-refractivity contribution in [3.05, 3.63) is 34.6 Å². The van der Waals surface area contributed by atoms with E-state index >= 15 is 0 Å². The van der Waals surface area contributed by atoms with Crippen molar-refractivity contribution in [3.8, 4) is 10.6 Å². The molecule has 0 fully saturated rings. The van der Waals surface area contributed by atoms with Crippen molar-refractivity contribution in [3.63, 3.8) is 0 Å². The number of hydrogen-bond acceptors (Lipinski definition) is 4. The molecule has 2 heterocycles. The molecule has 0 spiro atoms. The van der Waals surface area contributed by atoms with E-state index in [1.54, 1.807) is 0 Å². The minimum atomic E-state index is 0.442. The number of thiazole rings is 1. The van der Waals surface area contributed by atoms with Crippen molar-refractivity contribution in [1.29, 1.82) is 0 Å². The van der Waals surface area contributed by atoms with Crippen LogP contribution in [0.5, 0.6) is 0 Å². The van der Waals surface area contributed by atoms with Crippen LogP contribution >= 0.6 is 11.3 Å². The lowest BCUT2D eigenvalue weighted by Gasteiger charge is -2.21. The minimum absolute atomic E-state index is 0.442. The van der Waals surface area contributed by atoms with Gasteiger partial charge in [-0.2, -0.15) is 0 Å². The minimum Gasteiger partial charge on any atom is -0.309 e. The van der Waals surface area contributed by atoms with E-state index in [1.807, 2.05) is 24.5 Å². The molecule has 1 N–H and O–H groups in total. The first-order valence-electron chi connectivity index (χ1n) is 6.94. The predicted molar refractivity (Wildman–Crippen MR) is 79.4 cm³/mol. The molecule has 1 atom stereocenters. The third kappa shape index (κ3) is 2.55. The van der Waals surface area contributed by atoms with Crippen LogP contribution in [-0.2, 0) is 6.42 Å². The molecule has 19 heavy (non-hydrogen) atoms. The monoisotopic (exact) mass is 273 g/mol. The third-order valence-electron chi connectivity index (χ3n) is 3.56. The number of pyridine rings is 1. The highest BCUT2D eigenvalue weighted by atomic mass is 32.1. The number of aromatic nitrogens is 2. The fraction of sp³-hybridized carbons (Fsp3) is 0.467. The zero-order chi connectivity index (χ0) is 13.2. The molecular weight excluding hydrogens is 254 g/mol. The van der Waals surface area contributed by atoms with Gasteiger partial charge in [0.05, 0.1) is 11.7 Å². The molecule has 0 aliphatic heterocycles. The summed E-state index contributed by atoms with van der Waals surface area (Å²) in [6, 6.07) is 4.61. The molecule has 3 rings (SSSR count). The highest BCUT2D eigenvalue weighted by Gasteiger charge is 2.24. The first-order chi connectivity index (χ1) is 9.28. The Morgan fingerprint density at radius 1 is 1.42 bits per heavy atom. The van der Waals surface area contributed by atoms with Crippen LogP contribution in [0.4, 0.5) is 0 Å². The van der Waals surface area contributed by atoms with Gasteiger partial charge < -0.3 is 5.32 Å². The molecule has 2 aromatic rings. The Bertz CT molecular complexity index is 559. The van der Waals surface area contributed by atoms with Crippen molar-refractivity contribution in [2.45, 2.75) is 39.2 Å². The Kier molecular flexibility index (Phi) is 3.62. The average molecular weight is 273 g/mol. The van der Waals surface area contributed by atoms with E-state index in [0.29, 0.717) is 6.04 Å². The Morgan fingerprint density at radius 3 is 3.05 bits per heavy atom. The van der Waals surface area contributed by atoms with Gasteiger partial charge in [-0.3, -0.25) is 4.98 Å². The lowest BCUT2D eigenvalue weighted by molar-refractivity contribution is 0.465. The van der Waals surface area contributed by atoms with Crippen molar-refractivity contribution in [2.75, 3.05) is 6.54 Å². The Balaban J connectivity index is 1.95. The largest absolute Gasteiger partial charge is 0.309 e. The smallest absolute Gasteiger partial charge is 0.125 e. The van der Waals surface area contributed by atoms with Crippen molar-refractivity contribution in [2.24, 2.45) is 0 Å². The van der Waals surface area contributed by atoms with Crippen molar-refractivity contribution in [1.82, 2.24) is 15.3 Å². The standard InChI is InChI=1S/C15H19N3S/c1-3-16-12-5-4-6-13-14(12)18-15(19-13)11-8-7-10(2)17-9-11/h7-9,12,16H,3-6H2,1-2H3. The molecule has 1 aliphatic rings. The summed E-state index contributed by atoms with van der Waals surface area (Å²) in [5.74, 6) is 0. The van der Waals surface area contributed by atoms with Gasteiger partial charge in [0.1, 0.15) is 5.01 Å². The van der Waals surface area contributed by atoms with Crippen LogP contribution in [-0.4, -0.2) is 16.5 Å². The maximum atomic E-state index is 4.87. The summed E-state index contributed by atoms with van der Waals surface area (Å²) in [5.41, 5.74) is 3.46. The average Bonchev–Trinajstić information content (AvgIpc) is 2.85. The van der Waals surface area contributed by atoms with Gasteiger partial charge in [-0.15, -0.1) is 11.3 Å². The summed E-state index contributed by atoms with van der Waals surface area (Å²) >= 11 is 1.83. The molecular formula is C15H19N3S. The van der Waals surface area contributed by atoms with E-state index in [9.17, 15) is 0 Å². The van der Waals surface area contributed by atoms with Crippen molar-refractivity contribution < 1.29 is 0 Å². The Morgan fingerprint density at radius 2 is 2.32 bits per heavy atom. The zero-order valence-electron chi connectivity index (χ0n) is 11.4. The normalized spacial score (nSPS) is 18.3. The Hall–Kier alpha value is -1.26. The van der Waals surface area contributed by atoms with E-state index in [0.717, 1.165) is 22.8 Å². The van der Waals surface area contributed by atoms with Gasteiger partial charge in [0.15, 0.2) is 0 Å². The number of nitrogens with one attached hydrogen (secondary N) is 1. The number of hydrogen-bond donors (Lipinski definition) is 1. The molecule has 0 bridgehead atoms. The van der Waals surface area contributed by atoms with Gasteiger partial charge in [0.2, 0.25) is 0 Å². The number of rotatable bonds is 3. The van der Waals surface area contributed by atoms with Crippen LogP contribution in [0, 0.1) is 6.92 Å². The maximum absolute atomic E-state index is 4.87. The van der Waals surface area contributed by atoms with Gasteiger partial charge in [0.25, 0.3) is 0 Å². The lowest BCUT2D eigenvalue weighted by Crippen LogP contribution is -2.24. The van der Waals surface area contributed by atoms with E-state index in [4.69, 9.17) is 4.98 Å². The Labute approximate surface area is 118 Å². The quantitative estimate of drug-likeness (QED) is 0.930. The summed E-state index contributed by atoms with van der Waals surface area (Å²) in [7, 11) is 0. The molecule has 0 aromatic carbocycles. The maximum Gasteiger partial charge on any atom is 0.125 e.